The number of sulfone groups is 1. The number of hydrogen-bond donors (Lipinski definition) is 1. The highest BCUT2D eigenvalue weighted by Gasteiger charge is 2.28. The Balaban J connectivity index is 1.17. The van der Waals surface area contributed by atoms with Gasteiger partial charge in [-0.05, 0) is 59.0 Å². The highest BCUT2D eigenvalue weighted by Crippen LogP contribution is 2.22. The van der Waals surface area contributed by atoms with E-state index in [1.165, 1.54) is 18.4 Å². The zero-order valence-corrected chi connectivity index (χ0v) is 25.2. The summed E-state index contributed by atoms with van der Waals surface area (Å²) in [6.45, 7) is 2.72. The third-order valence-electron chi connectivity index (χ3n) is 8.32. The minimum Gasteiger partial charge on any atom is -0.345 e. The molecule has 1 aliphatic carbocycles. The zero-order chi connectivity index (χ0) is 30.4. The molecular weight excluding hydrogens is 558 g/mol. The van der Waals surface area contributed by atoms with E-state index >= 15 is 0 Å². The van der Waals surface area contributed by atoms with Crippen LogP contribution in [0.2, 0.25) is 0 Å². The Morgan fingerprint density at radius 3 is 2.33 bits per heavy atom. The number of carbonyl (C=O) groups is 2. The molecule has 43 heavy (non-hydrogen) atoms. The first-order chi connectivity index (χ1) is 20.7. The lowest BCUT2D eigenvalue weighted by molar-refractivity contribution is -0.133. The van der Waals surface area contributed by atoms with Crippen LogP contribution in [0.15, 0.2) is 83.8 Å². The minimum absolute atomic E-state index is 0.0466. The monoisotopic (exact) mass is 595 g/mol. The summed E-state index contributed by atoms with van der Waals surface area (Å²) in [5.74, 6) is 2.53. The number of amides is 2. The minimum atomic E-state index is -3.29. The summed E-state index contributed by atoms with van der Waals surface area (Å²) < 4.78 is 23.5. The van der Waals surface area contributed by atoms with Crippen LogP contribution < -0.4 is 15.8 Å². The quantitative estimate of drug-likeness (QED) is 0.345. The molecule has 1 fully saturated rings. The molecular formula is C35H37N3O4S. The highest BCUT2D eigenvalue weighted by atomic mass is 32.2. The predicted molar refractivity (Wildman–Crippen MR) is 169 cm³/mol. The molecule has 0 aromatic heterocycles. The van der Waals surface area contributed by atoms with Crippen molar-refractivity contribution < 1.29 is 18.0 Å². The van der Waals surface area contributed by atoms with Crippen LogP contribution in [-0.2, 0) is 25.8 Å². The van der Waals surface area contributed by atoms with Gasteiger partial charge in [0.1, 0.15) is 0 Å². The van der Waals surface area contributed by atoms with Crippen molar-refractivity contribution in [3.8, 4) is 12.3 Å². The fourth-order valence-corrected chi connectivity index (χ4v) is 6.50. The second-order valence-corrected chi connectivity index (χ2v) is 13.3. The molecule has 0 radical (unpaired) electrons. The van der Waals surface area contributed by atoms with Crippen LogP contribution in [0.25, 0.3) is 11.6 Å². The average molecular weight is 596 g/mol. The number of benzene rings is 3. The van der Waals surface area contributed by atoms with E-state index in [0.29, 0.717) is 0 Å². The molecule has 1 atom stereocenters. The summed E-state index contributed by atoms with van der Waals surface area (Å²) in [5, 5.41) is 5.35. The normalized spacial score (nSPS) is 15.8. The van der Waals surface area contributed by atoms with E-state index in [4.69, 9.17) is 6.42 Å². The van der Waals surface area contributed by atoms with Crippen LogP contribution in [0.3, 0.4) is 0 Å². The van der Waals surface area contributed by atoms with Crippen LogP contribution >= 0.6 is 0 Å². The number of piperidine rings is 1. The molecule has 0 spiro atoms. The highest BCUT2D eigenvalue weighted by molar-refractivity contribution is 7.90. The molecule has 8 heteroatoms. The fourth-order valence-electron chi connectivity index (χ4n) is 5.87. The lowest BCUT2D eigenvalue weighted by Crippen LogP contribution is -2.48. The largest absolute Gasteiger partial charge is 0.345 e. The second-order valence-electron chi connectivity index (χ2n) is 11.3. The number of nitrogens with zero attached hydrogens (tertiary/aromatic N) is 2. The van der Waals surface area contributed by atoms with Crippen molar-refractivity contribution in [2.75, 3.05) is 32.4 Å². The fraction of sp³-hybridized carbons (Fsp3) is 0.314. The number of hydrogen-bond acceptors (Lipinski definition) is 5. The first-order valence-corrected chi connectivity index (χ1v) is 16.5. The van der Waals surface area contributed by atoms with E-state index in [1.54, 1.807) is 17.0 Å². The average Bonchev–Trinajstić information content (AvgIpc) is 2.99. The van der Waals surface area contributed by atoms with Gasteiger partial charge < -0.3 is 15.1 Å². The van der Waals surface area contributed by atoms with Gasteiger partial charge in [0, 0.05) is 37.5 Å². The van der Waals surface area contributed by atoms with Gasteiger partial charge in [0.2, 0.25) is 5.91 Å². The topological polar surface area (TPSA) is 86.8 Å². The van der Waals surface area contributed by atoms with Crippen LogP contribution in [-0.4, -0.2) is 68.5 Å². The summed E-state index contributed by atoms with van der Waals surface area (Å²) >= 11 is 0. The van der Waals surface area contributed by atoms with E-state index in [1.807, 2.05) is 48.5 Å². The summed E-state index contributed by atoms with van der Waals surface area (Å²) in [6.07, 6.45) is 11.3. The number of nitrogens with one attached hydrogen (secondary N) is 1. The molecule has 1 heterocycles. The molecule has 7 nitrogen and oxygen atoms in total. The van der Waals surface area contributed by atoms with Gasteiger partial charge in [-0.25, -0.2) is 8.42 Å². The molecule has 3 aromatic carbocycles. The Bertz CT molecular complexity index is 1740. The van der Waals surface area contributed by atoms with Crippen molar-refractivity contribution in [1.29, 1.82) is 0 Å². The summed E-state index contributed by atoms with van der Waals surface area (Å²) in [7, 11) is -3.29. The first kappa shape index (κ1) is 30.3. The van der Waals surface area contributed by atoms with Gasteiger partial charge in [-0.3, -0.25) is 9.59 Å². The molecule has 5 rings (SSSR count). The maximum Gasteiger partial charge on any atom is 0.252 e. The van der Waals surface area contributed by atoms with E-state index in [9.17, 15) is 18.0 Å². The molecule has 1 unspecified atom stereocenters. The van der Waals surface area contributed by atoms with Gasteiger partial charge in [0.25, 0.3) is 5.91 Å². The number of likely N-dealkylation sites (tertiary alicyclic amines) is 1. The van der Waals surface area contributed by atoms with Crippen LogP contribution in [0.1, 0.15) is 36.4 Å². The molecule has 2 aliphatic rings. The van der Waals surface area contributed by atoms with Gasteiger partial charge in [-0.15, -0.1) is 6.42 Å². The van der Waals surface area contributed by atoms with E-state index in [0.717, 1.165) is 66.0 Å². The Labute approximate surface area is 253 Å². The van der Waals surface area contributed by atoms with Crippen LogP contribution in [0, 0.1) is 12.3 Å². The lowest BCUT2D eigenvalue weighted by atomic mass is 9.97. The number of rotatable bonds is 11. The van der Waals surface area contributed by atoms with E-state index < -0.39 is 9.84 Å². The summed E-state index contributed by atoms with van der Waals surface area (Å²) in [5.41, 5.74) is 2.56. The van der Waals surface area contributed by atoms with E-state index in [-0.39, 0.29) is 41.8 Å². The third-order valence-corrected chi connectivity index (χ3v) is 9.45. The maximum absolute atomic E-state index is 13.3. The van der Waals surface area contributed by atoms with Crippen molar-refractivity contribution >= 4 is 33.3 Å². The molecule has 0 bridgehead atoms. The number of fused-ring (bicyclic) bond motifs is 1. The van der Waals surface area contributed by atoms with Gasteiger partial charge in [-0.1, -0.05) is 72.7 Å². The first-order valence-electron chi connectivity index (χ1n) is 14.6. The third kappa shape index (κ3) is 7.42. The zero-order valence-electron chi connectivity index (χ0n) is 24.4. The second kappa shape index (κ2) is 13.4. The molecule has 222 valence electrons. The van der Waals surface area contributed by atoms with E-state index in [2.05, 4.69) is 28.3 Å². The lowest BCUT2D eigenvalue weighted by Gasteiger charge is -2.38. The number of terminal acetylenes is 1. The predicted octanol–water partition coefficient (Wildman–Crippen LogP) is 2.45. The molecule has 1 N–H and O–H groups in total. The molecule has 3 aromatic rings. The van der Waals surface area contributed by atoms with Crippen molar-refractivity contribution in [2.24, 2.45) is 0 Å². The van der Waals surface area contributed by atoms with Gasteiger partial charge in [0.15, 0.2) is 9.84 Å². The Hall–Kier alpha value is -4.19. The summed E-state index contributed by atoms with van der Waals surface area (Å²) in [6, 6.07) is 24.4. The van der Waals surface area contributed by atoms with Crippen LogP contribution in [0.4, 0.5) is 0 Å². The molecule has 0 saturated carbocycles. The summed E-state index contributed by atoms with van der Waals surface area (Å²) in [4.78, 5) is 30.9. The number of carbonyl (C=O) groups excluding carboxylic acids is 2. The standard InChI is InChI=1S/C35H37N3O4S/c1-3-20-38(34(39)24-26-13-15-30(16-14-26)43(2,41)42)29-17-21-37(22-18-29)23-19-33(27-9-5-4-6-10-27)36-35(40)32-25-28-11-7-8-12-31(28)32/h1,4-16,25,29,33H,17-24H2,2H3,(H,36,40). The van der Waals surface area contributed by atoms with Gasteiger partial charge in [-0.2, -0.15) is 0 Å². The Morgan fingerprint density at radius 2 is 1.67 bits per heavy atom. The Morgan fingerprint density at radius 1 is 1.00 bits per heavy atom. The Kier molecular flexibility index (Phi) is 9.44. The van der Waals surface area contributed by atoms with Crippen molar-refractivity contribution in [3.63, 3.8) is 0 Å². The maximum atomic E-state index is 13.3. The molecule has 2 amide bonds. The molecule has 1 saturated heterocycles. The van der Waals surface area contributed by atoms with Crippen molar-refractivity contribution in [1.82, 2.24) is 15.1 Å². The van der Waals surface area contributed by atoms with Crippen molar-refractivity contribution in [2.45, 2.75) is 42.7 Å². The smallest absolute Gasteiger partial charge is 0.252 e. The van der Waals surface area contributed by atoms with Crippen molar-refractivity contribution in [3.05, 3.63) is 100 Å². The van der Waals surface area contributed by atoms with Gasteiger partial charge >= 0.3 is 0 Å². The van der Waals surface area contributed by atoms with Crippen LogP contribution in [0.5, 0.6) is 0 Å². The van der Waals surface area contributed by atoms with Gasteiger partial charge in [0.05, 0.1) is 23.9 Å². The SMILES string of the molecule is C#CCN(C(=O)Cc1ccc(S(C)(=O)=O)cc1)C1CCN(CCC(NC(=O)C2=c3ccccc3=C2)c2ccccc2)CC1. The molecule has 1 aliphatic heterocycles.